The average Bonchev–Trinajstić information content (AvgIpc) is 2.69. The molecular weight excluding hydrogens is 348 g/mol. The molecule has 0 aliphatic carbocycles. The van der Waals surface area contributed by atoms with Gasteiger partial charge >= 0.3 is 0 Å². The van der Waals surface area contributed by atoms with E-state index in [4.69, 9.17) is 11.6 Å². The number of aromatic nitrogens is 2. The summed E-state index contributed by atoms with van der Waals surface area (Å²) in [4.78, 5) is 11.5. The number of aromatic amines is 1. The van der Waals surface area contributed by atoms with Crippen LogP contribution in [-0.2, 0) is 6.42 Å². The molecule has 0 saturated heterocycles. The Labute approximate surface area is 156 Å². The monoisotopic (exact) mass is 366 g/mol. The molecule has 0 aliphatic rings. The molecule has 1 aromatic heterocycles. The SMILES string of the molecule is O=c1[nH]ncc(N/N=C(\CCCc2ccccc2)c2ccccc2)c1Cl. The molecule has 132 valence electrons. The highest BCUT2D eigenvalue weighted by Gasteiger charge is 2.07. The summed E-state index contributed by atoms with van der Waals surface area (Å²) < 4.78 is 0. The van der Waals surface area contributed by atoms with Crippen molar-refractivity contribution in [1.29, 1.82) is 0 Å². The average molecular weight is 367 g/mol. The van der Waals surface area contributed by atoms with Crippen LogP contribution in [0.5, 0.6) is 0 Å². The Hall–Kier alpha value is -2.92. The molecule has 6 heteroatoms. The highest BCUT2D eigenvalue weighted by atomic mass is 35.5. The van der Waals surface area contributed by atoms with E-state index >= 15 is 0 Å². The van der Waals surface area contributed by atoms with E-state index in [1.54, 1.807) is 0 Å². The molecule has 1 heterocycles. The summed E-state index contributed by atoms with van der Waals surface area (Å²) in [6, 6.07) is 20.3. The lowest BCUT2D eigenvalue weighted by Gasteiger charge is -2.09. The van der Waals surface area contributed by atoms with Gasteiger partial charge in [-0.3, -0.25) is 10.2 Å². The third-order valence-corrected chi connectivity index (χ3v) is 4.31. The lowest BCUT2D eigenvalue weighted by atomic mass is 10.0. The summed E-state index contributed by atoms with van der Waals surface area (Å²) >= 11 is 5.99. The van der Waals surface area contributed by atoms with E-state index in [1.165, 1.54) is 11.8 Å². The minimum Gasteiger partial charge on any atom is -0.275 e. The van der Waals surface area contributed by atoms with Gasteiger partial charge in [0.1, 0.15) is 10.7 Å². The number of hydrogen-bond donors (Lipinski definition) is 2. The highest BCUT2D eigenvalue weighted by Crippen LogP contribution is 2.16. The molecule has 2 aromatic carbocycles. The van der Waals surface area contributed by atoms with Crippen LogP contribution in [0.2, 0.25) is 5.02 Å². The molecule has 0 radical (unpaired) electrons. The fraction of sp³-hybridized carbons (Fsp3) is 0.150. The zero-order chi connectivity index (χ0) is 18.2. The smallest absolute Gasteiger partial charge is 0.275 e. The molecule has 0 fully saturated rings. The predicted octanol–water partition coefficient (Wildman–Crippen LogP) is 4.26. The van der Waals surface area contributed by atoms with E-state index in [-0.39, 0.29) is 5.02 Å². The van der Waals surface area contributed by atoms with Crippen molar-refractivity contribution in [1.82, 2.24) is 10.2 Å². The summed E-state index contributed by atoms with van der Waals surface area (Å²) in [6.45, 7) is 0. The van der Waals surface area contributed by atoms with Gasteiger partial charge in [-0.15, -0.1) is 0 Å². The second-order valence-corrected chi connectivity index (χ2v) is 6.18. The fourth-order valence-corrected chi connectivity index (χ4v) is 2.72. The Morgan fingerprint density at radius 3 is 2.50 bits per heavy atom. The van der Waals surface area contributed by atoms with Gasteiger partial charge in [0.2, 0.25) is 0 Å². The number of aryl methyl sites for hydroxylation is 1. The third kappa shape index (κ3) is 4.80. The summed E-state index contributed by atoms with van der Waals surface area (Å²) in [7, 11) is 0. The van der Waals surface area contributed by atoms with Gasteiger partial charge in [0.05, 0.1) is 11.9 Å². The molecule has 5 nitrogen and oxygen atoms in total. The van der Waals surface area contributed by atoms with E-state index in [9.17, 15) is 4.79 Å². The quantitative estimate of drug-likeness (QED) is 0.484. The second-order valence-electron chi connectivity index (χ2n) is 5.80. The Morgan fingerprint density at radius 1 is 1.08 bits per heavy atom. The second kappa shape index (κ2) is 8.97. The van der Waals surface area contributed by atoms with Crippen molar-refractivity contribution in [3.05, 3.63) is 93.4 Å². The third-order valence-electron chi connectivity index (χ3n) is 3.94. The van der Waals surface area contributed by atoms with Gasteiger partial charge in [-0.05, 0) is 30.4 Å². The summed E-state index contributed by atoms with van der Waals surface area (Å²) in [5.41, 5.74) is 6.04. The summed E-state index contributed by atoms with van der Waals surface area (Å²) in [5, 5.41) is 10.6. The topological polar surface area (TPSA) is 70.1 Å². The molecule has 0 amide bonds. The van der Waals surface area contributed by atoms with Crippen LogP contribution in [-0.4, -0.2) is 15.9 Å². The first-order valence-corrected chi connectivity index (χ1v) is 8.77. The number of benzene rings is 2. The Bertz CT molecular complexity index is 923. The van der Waals surface area contributed by atoms with E-state index in [0.29, 0.717) is 5.69 Å². The summed E-state index contributed by atoms with van der Waals surface area (Å²) in [6.07, 6.45) is 4.17. The van der Waals surface area contributed by atoms with Gasteiger partial charge in [-0.2, -0.15) is 10.2 Å². The maximum atomic E-state index is 11.5. The van der Waals surface area contributed by atoms with Gasteiger partial charge in [-0.1, -0.05) is 72.3 Å². The van der Waals surface area contributed by atoms with E-state index in [0.717, 1.165) is 30.5 Å². The number of halogens is 1. The van der Waals surface area contributed by atoms with Crippen molar-refractivity contribution >= 4 is 23.0 Å². The van der Waals surface area contributed by atoms with Crippen molar-refractivity contribution in [2.75, 3.05) is 5.43 Å². The number of nitrogens with zero attached hydrogens (tertiary/aromatic N) is 2. The Balaban J connectivity index is 1.75. The van der Waals surface area contributed by atoms with Crippen LogP contribution in [0.25, 0.3) is 0 Å². The van der Waals surface area contributed by atoms with Crippen molar-refractivity contribution in [2.45, 2.75) is 19.3 Å². The van der Waals surface area contributed by atoms with Crippen molar-refractivity contribution < 1.29 is 0 Å². The van der Waals surface area contributed by atoms with Crippen LogP contribution in [0.4, 0.5) is 5.69 Å². The largest absolute Gasteiger partial charge is 0.285 e. The maximum absolute atomic E-state index is 11.5. The van der Waals surface area contributed by atoms with Gasteiger partial charge in [0.15, 0.2) is 0 Å². The molecule has 0 atom stereocenters. The van der Waals surface area contributed by atoms with E-state index in [1.807, 2.05) is 48.5 Å². The van der Waals surface area contributed by atoms with Crippen molar-refractivity contribution in [3.63, 3.8) is 0 Å². The normalized spacial score (nSPS) is 11.3. The molecule has 0 saturated carbocycles. The number of anilines is 1. The first-order chi connectivity index (χ1) is 12.7. The number of rotatable bonds is 7. The van der Waals surface area contributed by atoms with Crippen LogP contribution in [0.1, 0.15) is 24.0 Å². The lowest BCUT2D eigenvalue weighted by molar-refractivity contribution is 0.863. The van der Waals surface area contributed by atoms with Crippen LogP contribution in [0.15, 0.2) is 76.8 Å². The fourth-order valence-electron chi connectivity index (χ4n) is 2.59. The van der Waals surface area contributed by atoms with Crippen LogP contribution in [0.3, 0.4) is 0 Å². The molecule has 3 aromatic rings. The van der Waals surface area contributed by atoms with Crippen LogP contribution >= 0.6 is 11.6 Å². The lowest BCUT2D eigenvalue weighted by Crippen LogP contribution is -2.11. The number of nitrogens with one attached hydrogen (secondary N) is 2. The molecule has 0 unspecified atom stereocenters. The molecular formula is C20H19ClN4O. The molecule has 26 heavy (non-hydrogen) atoms. The Morgan fingerprint density at radius 2 is 1.77 bits per heavy atom. The van der Waals surface area contributed by atoms with Gasteiger partial charge in [-0.25, -0.2) is 5.10 Å². The molecule has 0 spiro atoms. The standard InChI is InChI=1S/C20H19ClN4O/c21-19-18(14-22-25-20(19)26)24-23-17(16-11-5-2-6-12-16)13-7-10-15-8-3-1-4-9-15/h1-6,8-9,11-12,14H,7,10,13H2,(H2,24,25,26)/b23-17+. The highest BCUT2D eigenvalue weighted by molar-refractivity contribution is 6.32. The van der Waals surface area contributed by atoms with Gasteiger partial charge < -0.3 is 0 Å². The van der Waals surface area contributed by atoms with Gasteiger partial charge in [0, 0.05) is 0 Å². The predicted molar refractivity (Wildman–Crippen MR) is 106 cm³/mol. The first kappa shape index (κ1) is 17.9. The maximum Gasteiger partial charge on any atom is 0.285 e. The van der Waals surface area contributed by atoms with E-state index < -0.39 is 5.56 Å². The molecule has 0 aliphatic heterocycles. The van der Waals surface area contributed by atoms with E-state index in [2.05, 4.69) is 32.9 Å². The number of hydrazone groups is 1. The molecule has 0 bridgehead atoms. The zero-order valence-corrected chi connectivity index (χ0v) is 14.9. The summed E-state index contributed by atoms with van der Waals surface area (Å²) in [5.74, 6) is 0. The Kier molecular flexibility index (Phi) is 6.17. The first-order valence-electron chi connectivity index (χ1n) is 8.39. The van der Waals surface area contributed by atoms with Crippen LogP contribution < -0.4 is 11.0 Å². The minimum atomic E-state index is -0.447. The number of hydrogen-bond acceptors (Lipinski definition) is 4. The number of H-pyrrole nitrogens is 1. The zero-order valence-electron chi connectivity index (χ0n) is 14.2. The minimum absolute atomic E-state index is 0.0421. The van der Waals surface area contributed by atoms with Crippen LogP contribution in [0, 0.1) is 0 Å². The molecule has 2 N–H and O–H groups in total. The van der Waals surface area contributed by atoms with Gasteiger partial charge in [0.25, 0.3) is 5.56 Å². The van der Waals surface area contributed by atoms with Crippen molar-refractivity contribution in [2.24, 2.45) is 5.10 Å². The molecule has 3 rings (SSSR count). The van der Waals surface area contributed by atoms with Crippen molar-refractivity contribution in [3.8, 4) is 0 Å².